The van der Waals surface area contributed by atoms with Gasteiger partial charge >= 0.3 is 0 Å². The van der Waals surface area contributed by atoms with Gasteiger partial charge in [-0.15, -0.1) is 11.8 Å². The van der Waals surface area contributed by atoms with Crippen molar-refractivity contribution in [2.75, 3.05) is 6.54 Å². The Hall–Kier alpha value is -0.960. The average molecular weight is 291 g/mol. The standard InChI is InChI=1S/C17H25NOS/c1-14(20-13-16-10-6-3-7-11-16)17(19)18-12-15-8-4-2-5-9-15/h3,6-7,10-11,14-15H,2,4-5,8-9,12-13H2,1H3,(H,18,19). The first-order valence-corrected chi connectivity index (χ1v) is 8.74. The predicted molar refractivity (Wildman–Crippen MR) is 86.8 cm³/mol. The first-order valence-electron chi connectivity index (χ1n) is 7.69. The van der Waals surface area contributed by atoms with E-state index in [2.05, 4.69) is 17.4 Å². The second-order valence-electron chi connectivity index (χ2n) is 5.69. The highest BCUT2D eigenvalue weighted by Gasteiger charge is 2.17. The summed E-state index contributed by atoms with van der Waals surface area (Å²) in [6, 6.07) is 10.3. The lowest BCUT2D eigenvalue weighted by Gasteiger charge is -2.22. The molecule has 0 spiro atoms. The Morgan fingerprint density at radius 1 is 1.25 bits per heavy atom. The van der Waals surface area contributed by atoms with Gasteiger partial charge in [0.1, 0.15) is 0 Å². The zero-order valence-corrected chi connectivity index (χ0v) is 13.1. The van der Waals surface area contributed by atoms with Gasteiger partial charge in [-0.2, -0.15) is 0 Å². The molecule has 2 rings (SSSR count). The van der Waals surface area contributed by atoms with Crippen LogP contribution in [0.2, 0.25) is 0 Å². The summed E-state index contributed by atoms with van der Waals surface area (Å²) in [5.41, 5.74) is 1.28. The molecule has 0 heterocycles. The lowest BCUT2D eigenvalue weighted by molar-refractivity contribution is -0.120. The predicted octanol–water partition coefficient (Wildman–Crippen LogP) is 4.00. The first kappa shape index (κ1) is 15.4. The van der Waals surface area contributed by atoms with Crippen molar-refractivity contribution in [3.05, 3.63) is 35.9 Å². The Bertz CT molecular complexity index is 401. The van der Waals surface area contributed by atoms with Crippen molar-refractivity contribution in [1.82, 2.24) is 5.32 Å². The zero-order chi connectivity index (χ0) is 14.2. The SMILES string of the molecule is CC(SCc1ccccc1)C(=O)NCC1CCCCC1. The van der Waals surface area contributed by atoms with E-state index in [9.17, 15) is 4.79 Å². The third kappa shape index (κ3) is 5.20. The Morgan fingerprint density at radius 2 is 1.95 bits per heavy atom. The summed E-state index contributed by atoms with van der Waals surface area (Å²) >= 11 is 1.71. The van der Waals surface area contributed by atoms with E-state index in [-0.39, 0.29) is 11.2 Å². The van der Waals surface area contributed by atoms with Crippen molar-refractivity contribution >= 4 is 17.7 Å². The molecule has 1 aliphatic carbocycles. The fraction of sp³-hybridized carbons (Fsp3) is 0.588. The molecule has 0 bridgehead atoms. The summed E-state index contributed by atoms with van der Waals surface area (Å²) < 4.78 is 0. The van der Waals surface area contributed by atoms with Crippen molar-refractivity contribution < 1.29 is 4.79 Å². The number of hydrogen-bond acceptors (Lipinski definition) is 2. The van der Waals surface area contributed by atoms with Crippen molar-refractivity contribution in [1.29, 1.82) is 0 Å². The van der Waals surface area contributed by atoms with Crippen molar-refractivity contribution in [2.45, 2.75) is 50.0 Å². The normalized spacial score (nSPS) is 17.6. The molecule has 1 amide bonds. The molecule has 1 aliphatic rings. The van der Waals surface area contributed by atoms with E-state index in [0.717, 1.165) is 12.3 Å². The molecule has 3 heteroatoms. The Morgan fingerprint density at radius 3 is 2.65 bits per heavy atom. The molecule has 2 nitrogen and oxygen atoms in total. The highest BCUT2D eigenvalue weighted by Crippen LogP contribution is 2.23. The number of nitrogens with one attached hydrogen (secondary N) is 1. The molecule has 1 unspecified atom stereocenters. The minimum Gasteiger partial charge on any atom is -0.355 e. The van der Waals surface area contributed by atoms with E-state index in [4.69, 9.17) is 0 Å². The third-order valence-corrected chi connectivity index (χ3v) is 5.22. The van der Waals surface area contributed by atoms with Crippen LogP contribution < -0.4 is 5.32 Å². The lowest BCUT2D eigenvalue weighted by Crippen LogP contribution is -2.35. The van der Waals surface area contributed by atoms with Crippen LogP contribution in [0.5, 0.6) is 0 Å². The van der Waals surface area contributed by atoms with Crippen LogP contribution in [0.3, 0.4) is 0 Å². The lowest BCUT2D eigenvalue weighted by atomic mass is 9.89. The van der Waals surface area contributed by atoms with Crippen molar-refractivity contribution in [3.8, 4) is 0 Å². The van der Waals surface area contributed by atoms with Gasteiger partial charge in [0, 0.05) is 12.3 Å². The number of benzene rings is 1. The molecule has 1 atom stereocenters. The first-order chi connectivity index (χ1) is 9.75. The smallest absolute Gasteiger partial charge is 0.232 e. The minimum atomic E-state index is 0.0267. The molecule has 0 aromatic heterocycles. The number of rotatable bonds is 6. The zero-order valence-electron chi connectivity index (χ0n) is 12.3. The minimum absolute atomic E-state index is 0.0267. The van der Waals surface area contributed by atoms with Gasteiger partial charge in [-0.05, 0) is 31.2 Å². The summed E-state index contributed by atoms with van der Waals surface area (Å²) in [5, 5.41) is 3.16. The van der Waals surface area contributed by atoms with Gasteiger partial charge < -0.3 is 5.32 Å². The van der Waals surface area contributed by atoms with E-state index in [0.29, 0.717) is 5.92 Å². The molecule has 1 aromatic carbocycles. The van der Waals surface area contributed by atoms with Crippen LogP contribution in [0, 0.1) is 5.92 Å². The maximum atomic E-state index is 12.1. The molecule has 20 heavy (non-hydrogen) atoms. The van der Waals surface area contributed by atoms with Crippen LogP contribution in [0.1, 0.15) is 44.6 Å². The quantitative estimate of drug-likeness (QED) is 0.858. The number of thioether (sulfide) groups is 1. The number of carbonyl (C=O) groups is 1. The van der Waals surface area contributed by atoms with E-state index in [1.807, 2.05) is 25.1 Å². The van der Waals surface area contributed by atoms with Crippen LogP contribution in [0.25, 0.3) is 0 Å². The number of hydrogen-bond donors (Lipinski definition) is 1. The average Bonchev–Trinajstić information content (AvgIpc) is 2.52. The molecule has 1 aromatic rings. The Balaban J connectivity index is 1.66. The topological polar surface area (TPSA) is 29.1 Å². The second kappa shape index (κ2) is 8.35. The van der Waals surface area contributed by atoms with Gasteiger partial charge in [-0.1, -0.05) is 49.6 Å². The molecular weight excluding hydrogens is 266 g/mol. The molecule has 1 fully saturated rings. The van der Waals surface area contributed by atoms with Crippen molar-refractivity contribution in [2.24, 2.45) is 5.92 Å². The van der Waals surface area contributed by atoms with Gasteiger partial charge in [0.2, 0.25) is 5.91 Å². The maximum Gasteiger partial charge on any atom is 0.232 e. The van der Waals surface area contributed by atoms with E-state index < -0.39 is 0 Å². The Labute approximate surface area is 126 Å². The highest BCUT2D eigenvalue weighted by molar-refractivity contribution is 7.99. The van der Waals surface area contributed by atoms with Crippen LogP contribution in [0.4, 0.5) is 0 Å². The molecule has 0 aliphatic heterocycles. The summed E-state index contributed by atoms with van der Waals surface area (Å²) in [6.07, 6.45) is 6.60. The van der Waals surface area contributed by atoms with E-state index in [1.165, 1.54) is 37.7 Å². The monoisotopic (exact) mass is 291 g/mol. The molecule has 110 valence electrons. The van der Waals surface area contributed by atoms with Crippen LogP contribution in [-0.4, -0.2) is 17.7 Å². The van der Waals surface area contributed by atoms with E-state index in [1.54, 1.807) is 11.8 Å². The highest BCUT2D eigenvalue weighted by atomic mass is 32.2. The molecule has 0 saturated heterocycles. The number of carbonyl (C=O) groups excluding carboxylic acids is 1. The van der Waals surface area contributed by atoms with Gasteiger partial charge in [0.15, 0.2) is 0 Å². The van der Waals surface area contributed by atoms with Gasteiger partial charge in [-0.25, -0.2) is 0 Å². The maximum absolute atomic E-state index is 12.1. The summed E-state index contributed by atoms with van der Waals surface area (Å²) in [4.78, 5) is 12.1. The summed E-state index contributed by atoms with van der Waals surface area (Å²) in [7, 11) is 0. The van der Waals surface area contributed by atoms with Crippen LogP contribution >= 0.6 is 11.8 Å². The largest absolute Gasteiger partial charge is 0.355 e. The van der Waals surface area contributed by atoms with Crippen LogP contribution in [-0.2, 0) is 10.5 Å². The summed E-state index contributed by atoms with van der Waals surface area (Å²) in [5.74, 6) is 1.80. The molecule has 0 radical (unpaired) electrons. The Kier molecular flexibility index (Phi) is 6.44. The fourth-order valence-corrected chi connectivity index (χ4v) is 3.52. The summed E-state index contributed by atoms with van der Waals surface area (Å²) in [6.45, 7) is 2.87. The van der Waals surface area contributed by atoms with E-state index >= 15 is 0 Å². The molecule has 1 N–H and O–H groups in total. The van der Waals surface area contributed by atoms with Gasteiger partial charge in [-0.3, -0.25) is 4.79 Å². The van der Waals surface area contributed by atoms with Crippen LogP contribution in [0.15, 0.2) is 30.3 Å². The number of amides is 1. The van der Waals surface area contributed by atoms with Gasteiger partial charge in [0.25, 0.3) is 0 Å². The fourth-order valence-electron chi connectivity index (χ4n) is 2.65. The van der Waals surface area contributed by atoms with Gasteiger partial charge in [0.05, 0.1) is 5.25 Å². The molecule has 1 saturated carbocycles. The third-order valence-electron chi connectivity index (χ3n) is 4.00. The molecular formula is C17H25NOS. The second-order valence-corrected chi connectivity index (χ2v) is 7.02. The van der Waals surface area contributed by atoms with Crippen molar-refractivity contribution in [3.63, 3.8) is 0 Å².